The van der Waals surface area contributed by atoms with Gasteiger partial charge in [0.1, 0.15) is 0 Å². The minimum absolute atomic E-state index is 0.272. The van der Waals surface area contributed by atoms with E-state index in [0.717, 1.165) is 10.5 Å². The predicted octanol–water partition coefficient (Wildman–Crippen LogP) is 1.92. The summed E-state index contributed by atoms with van der Waals surface area (Å²) in [7, 11) is 0. The summed E-state index contributed by atoms with van der Waals surface area (Å²) in [5, 5.41) is 7.79. The van der Waals surface area contributed by atoms with Gasteiger partial charge in [-0.1, -0.05) is 12.1 Å². The van der Waals surface area contributed by atoms with E-state index < -0.39 is 0 Å². The maximum absolute atomic E-state index is 5.41. The van der Waals surface area contributed by atoms with Gasteiger partial charge >= 0.3 is 0 Å². The standard InChI is InChI=1S/C10H11N3OS/c1-15-8-5-3-2-4-7(8)10-13-12-9(6-11)14-10/h2-5H,6,11H2,1H3. The molecule has 0 saturated heterocycles. The molecule has 0 saturated carbocycles. The average molecular weight is 221 g/mol. The smallest absolute Gasteiger partial charge is 0.248 e. The van der Waals surface area contributed by atoms with Crippen LogP contribution in [0, 0.1) is 0 Å². The van der Waals surface area contributed by atoms with Crippen molar-refractivity contribution >= 4 is 11.8 Å². The van der Waals surface area contributed by atoms with E-state index in [9.17, 15) is 0 Å². The molecule has 0 atom stereocenters. The number of rotatable bonds is 3. The molecule has 5 heteroatoms. The van der Waals surface area contributed by atoms with Crippen molar-refractivity contribution in [3.8, 4) is 11.5 Å². The maximum atomic E-state index is 5.41. The molecule has 15 heavy (non-hydrogen) atoms. The second-order valence-corrected chi connectivity index (χ2v) is 3.75. The lowest BCUT2D eigenvalue weighted by Crippen LogP contribution is -1.95. The van der Waals surface area contributed by atoms with E-state index in [2.05, 4.69) is 10.2 Å². The van der Waals surface area contributed by atoms with Crippen molar-refractivity contribution in [3.63, 3.8) is 0 Å². The number of nitrogens with two attached hydrogens (primary N) is 1. The highest BCUT2D eigenvalue weighted by Crippen LogP contribution is 2.28. The SMILES string of the molecule is CSc1ccccc1-c1nnc(CN)o1. The summed E-state index contributed by atoms with van der Waals surface area (Å²) >= 11 is 1.65. The zero-order chi connectivity index (χ0) is 10.7. The Morgan fingerprint density at radius 1 is 1.33 bits per heavy atom. The molecule has 4 nitrogen and oxygen atoms in total. The van der Waals surface area contributed by atoms with Crippen molar-refractivity contribution in [3.05, 3.63) is 30.2 Å². The lowest BCUT2D eigenvalue weighted by molar-refractivity contribution is 0.508. The molecule has 2 aromatic rings. The van der Waals surface area contributed by atoms with Crippen LogP contribution >= 0.6 is 11.8 Å². The molecule has 1 aromatic heterocycles. The van der Waals surface area contributed by atoms with Crippen LogP contribution in [0.1, 0.15) is 5.89 Å². The summed E-state index contributed by atoms with van der Waals surface area (Å²) in [6, 6.07) is 7.91. The zero-order valence-electron chi connectivity index (χ0n) is 8.30. The third kappa shape index (κ3) is 2.03. The minimum atomic E-state index is 0.272. The van der Waals surface area contributed by atoms with E-state index >= 15 is 0 Å². The third-order valence-electron chi connectivity index (χ3n) is 1.98. The normalized spacial score (nSPS) is 10.5. The molecule has 0 spiro atoms. The lowest BCUT2D eigenvalue weighted by atomic mass is 10.2. The van der Waals surface area contributed by atoms with Gasteiger partial charge < -0.3 is 10.2 Å². The van der Waals surface area contributed by atoms with Crippen LogP contribution in [0.4, 0.5) is 0 Å². The highest BCUT2D eigenvalue weighted by atomic mass is 32.2. The van der Waals surface area contributed by atoms with Gasteiger partial charge in [-0.05, 0) is 18.4 Å². The molecule has 0 unspecified atom stereocenters. The summed E-state index contributed by atoms with van der Waals surface area (Å²) in [5.74, 6) is 0.987. The van der Waals surface area contributed by atoms with Crippen LogP contribution in [-0.2, 0) is 6.54 Å². The van der Waals surface area contributed by atoms with E-state index in [4.69, 9.17) is 10.2 Å². The number of aromatic nitrogens is 2. The third-order valence-corrected chi connectivity index (χ3v) is 2.77. The molecule has 1 heterocycles. The Bertz CT molecular complexity index is 455. The number of nitrogens with zero attached hydrogens (tertiary/aromatic N) is 2. The zero-order valence-corrected chi connectivity index (χ0v) is 9.12. The molecule has 0 aliphatic heterocycles. The summed E-state index contributed by atoms with van der Waals surface area (Å²) in [5.41, 5.74) is 6.37. The number of hydrogen-bond donors (Lipinski definition) is 1. The summed E-state index contributed by atoms with van der Waals surface area (Å²) in [6.07, 6.45) is 2.01. The van der Waals surface area contributed by atoms with E-state index in [1.165, 1.54) is 0 Å². The molecule has 78 valence electrons. The van der Waals surface area contributed by atoms with E-state index in [0.29, 0.717) is 11.8 Å². The Morgan fingerprint density at radius 2 is 2.13 bits per heavy atom. The Hall–Kier alpha value is -1.33. The second-order valence-electron chi connectivity index (χ2n) is 2.91. The van der Waals surface area contributed by atoms with Crippen LogP contribution in [0.25, 0.3) is 11.5 Å². The second kappa shape index (κ2) is 4.46. The Labute approximate surface area is 91.9 Å². The van der Waals surface area contributed by atoms with Crippen LogP contribution in [0.3, 0.4) is 0 Å². The quantitative estimate of drug-likeness (QED) is 0.802. The fraction of sp³-hybridized carbons (Fsp3) is 0.200. The monoisotopic (exact) mass is 221 g/mol. The van der Waals surface area contributed by atoms with E-state index in [1.807, 2.05) is 30.5 Å². The first-order valence-corrected chi connectivity index (χ1v) is 5.73. The van der Waals surface area contributed by atoms with Gasteiger partial charge in [-0.15, -0.1) is 22.0 Å². The van der Waals surface area contributed by atoms with Crippen LogP contribution < -0.4 is 5.73 Å². The van der Waals surface area contributed by atoms with Crippen LogP contribution in [0.2, 0.25) is 0 Å². The van der Waals surface area contributed by atoms with Crippen LogP contribution in [0.5, 0.6) is 0 Å². The van der Waals surface area contributed by atoms with Gasteiger partial charge in [-0.2, -0.15) is 0 Å². The minimum Gasteiger partial charge on any atom is -0.419 e. The van der Waals surface area contributed by atoms with E-state index in [1.54, 1.807) is 11.8 Å². The number of benzene rings is 1. The van der Waals surface area contributed by atoms with E-state index in [-0.39, 0.29) is 6.54 Å². The molecule has 0 aliphatic carbocycles. The first-order valence-electron chi connectivity index (χ1n) is 4.51. The number of thioether (sulfide) groups is 1. The first-order chi connectivity index (χ1) is 7.35. The molecule has 0 amide bonds. The fourth-order valence-electron chi connectivity index (χ4n) is 1.27. The predicted molar refractivity (Wildman–Crippen MR) is 59.4 cm³/mol. The first kappa shape index (κ1) is 10.2. The molecule has 0 fully saturated rings. The van der Waals surface area contributed by atoms with Crippen molar-refractivity contribution in [1.82, 2.24) is 10.2 Å². The Kier molecular flexibility index (Phi) is 3.03. The highest BCUT2D eigenvalue weighted by Gasteiger charge is 2.10. The molecule has 2 rings (SSSR count). The largest absolute Gasteiger partial charge is 0.419 e. The van der Waals surface area contributed by atoms with Gasteiger partial charge in [0.25, 0.3) is 0 Å². The van der Waals surface area contributed by atoms with Crippen LogP contribution in [-0.4, -0.2) is 16.5 Å². The fourth-order valence-corrected chi connectivity index (χ4v) is 1.86. The Morgan fingerprint density at radius 3 is 2.80 bits per heavy atom. The van der Waals surface area contributed by atoms with Gasteiger partial charge in [0.15, 0.2) is 0 Å². The lowest BCUT2D eigenvalue weighted by Gasteiger charge is -2.01. The van der Waals surface area contributed by atoms with Gasteiger partial charge in [0.05, 0.1) is 12.1 Å². The Balaban J connectivity index is 2.44. The maximum Gasteiger partial charge on any atom is 0.248 e. The van der Waals surface area contributed by atoms with Crippen molar-refractivity contribution < 1.29 is 4.42 Å². The van der Waals surface area contributed by atoms with Crippen molar-refractivity contribution in [1.29, 1.82) is 0 Å². The molecular weight excluding hydrogens is 210 g/mol. The topological polar surface area (TPSA) is 64.9 Å². The van der Waals surface area contributed by atoms with Crippen LogP contribution in [0.15, 0.2) is 33.6 Å². The van der Waals surface area contributed by atoms with Gasteiger partial charge in [0, 0.05) is 4.90 Å². The van der Waals surface area contributed by atoms with Crippen molar-refractivity contribution in [2.75, 3.05) is 6.26 Å². The van der Waals surface area contributed by atoms with Crippen molar-refractivity contribution in [2.45, 2.75) is 11.4 Å². The van der Waals surface area contributed by atoms with Gasteiger partial charge in [-0.25, -0.2) is 0 Å². The van der Waals surface area contributed by atoms with Gasteiger partial charge in [0.2, 0.25) is 11.8 Å². The highest BCUT2D eigenvalue weighted by molar-refractivity contribution is 7.98. The summed E-state index contributed by atoms with van der Waals surface area (Å²) in [4.78, 5) is 1.12. The summed E-state index contributed by atoms with van der Waals surface area (Å²) < 4.78 is 5.40. The molecule has 0 aliphatic rings. The molecule has 0 radical (unpaired) electrons. The molecule has 1 aromatic carbocycles. The summed E-state index contributed by atoms with van der Waals surface area (Å²) in [6.45, 7) is 0.272. The number of hydrogen-bond acceptors (Lipinski definition) is 5. The van der Waals surface area contributed by atoms with Crippen molar-refractivity contribution in [2.24, 2.45) is 5.73 Å². The molecule has 0 bridgehead atoms. The average Bonchev–Trinajstić information content (AvgIpc) is 2.77. The molecule has 2 N–H and O–H groups in total. The molecular formula is C10H11N3OS. The van der Waals surface area contributed by atoms with Gasteiger partial charge in [-0.3, -0.25) is 0 Å².